The molecule has 2 rings (SSSR count). The monoisotopic (exact) mass is 390 g/mol. The fourth-order valence-corrected chi connectivity index (χ4v) is 3.62. The third kappa shape index (κ3) is 4.60. The highest BCUT2D eigenvalue weighted by Crippen LogP contribution is 2.30. The van der Waals surface area contributed by atoms with E-state index in [4.69, 9.17) is 4.74 Å². The van der Waals surface area contributed by atoms with Crippen molar-refractivity contribution in [1.82, 2.24) is 5.32 Å². The van der Waals surface area contributed by atoms with Gasteiger partial charge in [-0.25, -0.2) is 8.42 Å². The third-order valence-electron chi connectivity index (χ3n) is 4.56. The van der Waals surface area contributed by atoms with E-state index in [1.54, 1.807) is 24.3 Å². The van der Waals surface area contributed by atoms with Gasteiger partial charge in [-0.3, -0.25) is 9.10 Å². The molecule has 0 bridgehead atoms. The topological polar surface area (TPSA) is 75.7 Å². The molecular formula is C20H26N2O4S. The van der Waals surface area contributed by atoms with Crippen LogP contribution in [0.3, 0.4) is 0 Å². The van der Waals surface area contributed by atoms with Crippen LogP contribution in [0.4, 0.5) is 5.69 Å². The maximum Gasteiger partial charge on any atom is 0.264 e. The second-order valence-corrected chi connectivity index (χ2v) is 8.64. The SMILES string of the molecule is COc1ccccc1N(C)S(=O)(=O)c1ccc(C(=O)N[C@H](C)C(C)C)cc1. The van der Waals surface area contributed by atoms with Crippen LogP contribution in [0.15, 0.2) is 53.4 Å². The van der Waals surface area contributed by atoms with Crippen LogP contribution in [0.5, 0.6) is 5.75 Å². The molecule has 0 fully saturated rings. The van der Waals surface area contributed by atoms with Crippen LogP contribution >= 0.6 is 0 Å². The minimum absolute atomic E-state index is 0.0255. The van der Waals surface area contributed by atoms with E-state index in [1.807, 2.05) is 20.8 Å². The van der Waals surface area contributed by atoms with Crippen LogP contribution in [0, 0.1) is 5.92 Å². The van der Waals surface area contributed by atoms with Gasteiger partial charge in [-0.15, -0.1) is 0 Å². The van der Waals surface area contributed by atoms with Crippen molar-refractivity contribution in [1.29, 1.82) is 0 Å². The Balaban J connectivity index is 2.26. The number of rotatable bonds is 7. The summed E-state index contributed by atoms with van der Waals surface area (Å²) in [4.78, 5) is 12.4. The van der Waals surface area contributed by atoms with Crippen LogP contribution in [0.1, 0.15) is 31.1 Å². The Bertz CT molecular complexity index is 892. The zero-order valence-corrected chi connectivity index (χ0v) is 17.1. The molecule has 0 saturated heterocycles. The van der Waals surface area contributed by atoms with Crippen LogP contribution in [-0.4, -0.2) is 34.5 Å². The van der Waals surface area contributed by atoms with Gasteiger partial charge in [-0.05, 0) is 49.2 Å². The Morgan fingerprint density at radius 2 is 1.63 bits per heavy atom. The highest BCUT2D eigenvalue weighted by molar-refractivity contribution is 7.92. The number of anilines is 1. The molecule has 0 spiro atoms. The number of para-hydroxylation sites is 2. The number of sulfonamides is 1. The Morgan fingerprint density at radius 1 is 1.04 bits per heavy atom. The second kappa shape index (κ2) is 8.43. The number of carbonyl (C=O) groups is 1. The normalized spacial score (nSPS) is 12.5. The molecule has 0 aliphatic carbocycles. The first-order valence-electron chi connectivity index (χ1n) is 8.71. The van der Waals surface area contributed by atoms with Gasteiger partial charge in [0.25, 0.3) is 15.9 Å². The van der Waals surface area contributed by atoms with Gasteiger partial charge in [0.05, 0.1) is 17.7 Å². The molecule has 0 aromatic heterocycles. The first kappa shape index (κ1) is 20.8. The van der Waals surface area contributed by atoms with Crippen LogP contribution in [-0.2, 0) is 10.0 Å². The summed E-state index contributed by atoms with van der Waals surface area (Å²) in [5.74, 6) is 0.545. The van der Waals surface area contributed by atoms with Crippen LogP contribution in [0.2, 0.25) is 0 Å². The van der Waals surface area contributed by atoms with E-state index in [1.165, 1.54) is 42.7 Å². The zero-order valence-electron chi connectivity index (χ0n) is 16.3. The molecule has 1 atom stereocenters. The number of methoxy groups -OCH3 is 1. The summed E-state index contributed by atoms with van der Waals surface area (Å²) in [5.41, 5.74) is 0.856. The molecule has 1 N–H and O–H groups in total. The van der Waals surface area contributed by atoms with Crippen molar-refractivity contribution >= 4 is 21.6 Å². The van der Waals surface area contributed by atoms with Gasteiger partial charge in [0, 0.05) is 18.7 Å². The number of nitrogens with one attached hydrogen (secondary N) is 1. The molecule has 1 amide bonds. The quantitative estimate of drug-likeness (QED) is 0.787. The summed E-state index contributed by atoms with van der Waals surface area (Å²) in [5, 5.41) is 2.90. The van der Waals surface area contributed by atoms with E-state index in [-0.39, 0.29) is 16.8 Å². The molecule has 0 radical (unpaired) electrons. The van der Waals surface area contributed by atoms with Crippen LogP contribution < -0.4 is 14.4 Å². The molecule has 146 valence electrons. The number of hydrogen-bond donors (Lipinski definition) is 1. The molecule has 27 heavy (non-hydrogen) atoms. The molecule has 0 heterocycles. The Kier molecular flexibility index (Phi) is 6.49. The largest absolute Gasteiger partial charge is 0.495 e. The summed E-state index contributed by atoms with van der Waals surface area (Å²) in [7, 11) is -0.821. The van der Waals surface area contributed by atoms with E-state index >= 15 is 0 Å². The van der Waals surface area contributed by atoms with Gasteiger partial charge in [0.1, 0.15) is 5.75 Å². The number of benzene rings is 2. The number of amides is 1. The van der Waals surface area contributed by atoms with Crippen molar-refractivity contribution in [2.24, 2.45) is 5.92 Å². The zero-order chi connectivity index (χ0) is 20.2. The maximum absolute atomic E-state index is 12.9. The highest BCUT2D eigenvalue weighted by Gasteiger charge is 2.24. The van der Waals surface area contributed by atoms with Crippen molar-refractivity contribution in [3.05, 3.63) is 54.1 Å². The van der Waals surface area contributed by atoms with Gasteiger partial charge in [0.15, 0.2) is 0 Å². The predicted octanol–water partition coefficient (Wildman–Crippen LogP) is 3.29. The van der Waals surface area contributed by atoms with Crippen molar-refractivity contribution in [2.45, 2.75) is 31.7 Å². The lowest BCUT2D eigenvalue weighted by atomic mass is 10.1. The van der Waals surface area contributed by atoms with E-state index in [0.29, 0.717) is 22.9 Å². The molecule has 0 aliphatic heterocycles. The summed E-state index contributed by atoms with van der Waals surface area (Å²) in [6, 6.07) is 12.8. The molecule has 2 aromatic rings. The van der Waals surface area contributed by atoms with E-state index in [2.05, 4.69) is 5.32 Å². The fourth-order valence-electron chi connectivity index (χ4n) is 2.41. The van der Waals surface area contributed by atoms with Gasteiger partial charge < -0.3 is 10.1 Å². The van der Waals surface area contributed by atoms with Crippen molar-refractivity contribution in [3.8, 4) is 5.75 Å². The Morgan fingerprint density at radius 3 is 2.19 bits per heavy atom. The second-order valence-electron chi connectivity index (χ2n) is 6.67. The lowest BCUT2D eigenvalue weighted by molar-refractivity contribution is 0.0930. The molecule has 2 aromatic carbocycles. The third-order valence-corrected chi connectivity index (χ3v) is 6.34. The molecule has 0 unspecified atom stereocenters. The molecule has 6 nitrogen and oxygen atoms in total. The highest BCUT2D eigenvalue weighted by atomic mass is 32.2. The van der Waals surface area contributed by atoms with Gasteiger partial charge in [-0.2, -0.15) is 0 Å². The van der Waals surface area contributed by atoms with Gasteiger partial charge in [0.2, 0.25) is 0 Å². The van der Waals surface area contributed by atoms with E-state index < -0.39 is 10.0 Å². The maximum atomic E-state index is 12.9. The predicted molar refractivity (Wildman–Crippen MR) is 107 cm³/mol. The Hall–Kier alpha value is -2.54. The molecule has 0 aliphatic rings. The minimum atomic E-state index is -3.78. The number of nitrogens with zero attached hydrogens (tertiary/aromatic N) is 1. The number of hydrogen-bond acceptors (Lipinski definition) is 4. The van der Waals surface area contributed by atoms with Crippen molar-refractivity contribution in [3.63, 3.8) is 0 Å². The fraction of sp³-hybridized carbons (Fsp3) is 0.350. The first-order valence-corrected chi connectivity index (χ1v) is 10.2. The average molecular weight is 391 g/mol. The lowest BCUT2D eigenvalue weighted by Crippen LogP contribution is -2.36. The average Bonchev–Trinajstić information content (AvgIpc) is 2.67. The lowest BCUT2D eigenvalue weighted by Gasteiger charge is -2.22. The summed E-state index contributed by atoms with van der Waals surface area (Å²) < 4.78 is 32.3. The van der Waals surface area contributed by atoms with Crippen molar-refractivity contribution in [2.75, 3.05) is 18.5 Å². The van der Waals surface area contributed by atoms with Crippen LogP contribution in [0.25, 0.3) is 0 Å². The van der Waals surface area contributed by atoms with Gasteiger partial charge in [-0.1, -0.05) is 26.0 Å². The van der Waals surface area contributed by atoms with E-state index in [9.17, 15) is 13.2 Å². The van der Waals surface area contributed by atoms with E-state index in [0.717, 1.165) is 0 Å². The molecular weight excluding hydrogens is 364 g/mol. The standard InChI is InChI=1S/C20H26N2O4S/c1-14(2)15(3)21-20(23)16-10-12-17(13-11-16)27(24,25)22(4)18-8-6-7-9-19(18)26-5/h6-15H,1-5H3,(H,21,23)/t15-/m1/s1. The first-order chi connectivity index (χ1) is 12.7. The van der Waals surface area contributed by atoms with Crippen molar-refractivity contribution < 1.29 is 17.9 Å². The van der Waals surface area contributed by atoms with Gasteiger partial charge >= 0.3 is 0 Å². The molecule has 0 saturated carbocycles. The molecule has 7 heteroatoms. The summed E-state index contributed by atoms with van der Waals surface area (Å²) >= 11 is 0. The Labute approximate surface area is 161 Å². The summed E-state index contributed by atoms with van der Waals surface area (Å²) in [6.45, 7) is 5.98. The minimum Gasteiger partial charge on any atom is -0.495 e. The number of carbonyl (C=O) groups excluding carboxylic acids is 1. The summed E-state index contributed by atoms with van der Waals surface area (Å²) in [6.07, 6.45) is 0. The smallest absolute Gasteiger partial charge is 0.264 e. The number of ether oxygens (including phenoxy) is 1.